The molecule has 6 heteroatoms. The molecule has 2 aliphatic heterocycles. The van der Waals surface area contributed by atoms with Gasteiger partial charge in [0.25, 0.3) is 0 Å². The molecule has 1 fully saturated rings. The van der Waals surface area contributed by atoms with Crippen molar-refractivity contribution < 1.29 is 19.0 Å². The molecule has 124 valence electrons. The lowest BCUT2D eigenvalue weighted by Crippen LogP contribution is -2.63. The van der Waals surface area contributed by atoms with Gasteiger partial charge in [0, 0.05) is 11.8 Å². The van der Waals surface area contributed by atoms with E-state index in [9.17, 15) is 4.79 Å². The van der Waals surface area contributed by atoms with Gasteiger partial charge in [0.05, 0.1) is 13.2 Å². The number of fused-ring (bicyclic) bond motifs is 1. The summed E-state index contributed by atoms with van der Waals surface area (Å²) in [5, 5.41) is 0. The normalized spacial score (nSPS) is 22.1. The van der Waals surface area contributed by atoms with Gasteiger partial charge in [-0.05, 0) is 29.8 Å². The van der Waals surface area contributed by atoms with Crippen LogP contribution in [0.25, 0.3) is 0 Å². The Balaban J connectivity index is 1.66. The van der Waals surface area contributed by atoms with E-state index in [2.05, 4.69) is 0 Å². The molecule has 0 aliphatic carbocycles. The maximum atomic E-state index is 12.3. The highest BCUT2D eigenvalue weighted by Gasteiger charge is 2.46. The zero-order valence-corrected chi connectivity index (χ0v) is 13.3. The number of carbonyl (C=O) groups is 1. The number of carbonyl (C=O) groups excluding carboxylic acids is 1. The molecular weight excluding hydrogens is 308 g/mol. The van der Waals surface area contributed by atoms with Crippen LogP contribution in [0.4, 0.5) is 5.69 Å². The first kappa shape index (κ1) is 14.8. The summed E-state index contributed by atoms with van der Waals surface area (Å²) >= 11 is 0. The van der Waals surface area contributed by atoms with Crippen molar-refractivity contribution in [2.24, 2.45) is 5.73 Å². The van der Waals surface area contributed by atoms with Crippen molar-refractivity contribution >= 4 is 11.6 Å². The van der Waals surface area contributed by atoms with E-state index < -0.39 is 6.04 Å². The summed E-state index contributed by atoms with van der Waals surface area (Å²) in [6, 6.07) is 12.4. The molecule has 2 atom stereocenters. The fourth-order valence-corrected chi connectivity index (χ4v) is 3.14. The first-order valence-electron chi connectivity index (χ1n) is 7.81. The average molecular weight is 326 g/mol. The molecule has 6 nitrogen and oxygen atoms in total. The molecule has 0 radical (unpaired) electrons. The van der Waals surface area contributed by atoms with Gasteiger partial charge in [0.1, 0.15) is 25.0 Å². The predicted octanol–water partition coefficient (Wildman–Crippen LogP) is 1.88. The van der Waals surface area contributed by atoms with Crippen LogP contribution in [0.2, 0.25) is 0 Å². The van der Waals surface area contributed by atoms with Gasteiger partial charge in [-0.15, -0.1) is 0 Å². The topological polar surface area (TPSA) is 74.0 Å². The molecule has 4 rings (SSSR count). The summed E-state index contributed by atoms with van der Waals surface area (Å²) in [7, 11) is 1.62. The third-order valence-electron chi connectivity index (χ3n) is 4.40. The number of nitrogens with zero attached hydrogens (tertiary/aromatic N) is 1. The van der Waals surface area contributed by atoms with Crippen molar-refractivity contribution in [3.8, 4) is 17.2 Å². The first-order valence-corrected chi connectivity index (χ1v) is 7.81. The van der Waals surface area contributed by atoms with Crippen LogP contribution in [0.15, 0.2) is 42.5 Å². The molecule has 0 bridgehead atoms. The molecule has 2 aliphatic rings. The van der Waals surface area contributed by atoms with E-state index in [4.69, 9.17) is 19.9 Å². The lowest BCUT2D eigenvalue weighted by Gasteiger charge is -2.45. The van der Waals surface area contributed by atoms with Gasteiger partial charge in [0.2, 0.25) is 5.91 Å². The molecule has 0 spiro atoms. The maximum Gasteiger partial charge on any atom is 0.247 e. The van der Waals surface area contributed by atoms with Crippen LogP contribution < -0.4 is 24.8 Å². The van der Waals surface area contributed by atoms with Gasteiger partial charge >= 0.3 is 0 Å². The van der Waals surface area contributed by atoms with Gasteiger partial charge in [-0.3, -0.25) is 4.79 Å². The Hall–Kier alpha value is -2.73. The number of benzene rings is 2. The fourth-order valence-electron chi connectivity index (χ4n) is 3.14. The largest absolute Gasteiger partial charge is 0.497 e. The molecule has 2 aromatic rings. The Morgan fingerprint density at radius 3 is 2.50 bits per heavy atom. The van der Waals surface area contributed by atoms with E-state index in [-0.39, 0.29) is 11.9 Å². The standard InChI is InChI=1S/C18H18N2O4/c1-22-13-5-2-11(3-6-13)17-16(19)18(21)20(17)12-4-7-14-15(10-12)24-9-8-23-14/h2-7,10,16-17H,8-9,19H2,1H3/t16-,17-/m0/s1. The number of amides is 1. The van der Waals surface area contributed by atoms with E-state index >= 15 is 0 Å². The molecule has 1 amide bonds. The Bertz CT molecular complexity index is 775. The average Bonchev–Trinajstić information content (AvgIpc) is 2.65. The number of methoxy groups -OCH3 is 1. The minimum absolute atomic E-state index is 0.104. The van der Waals surface area contributed by atoms with Gasteiger partial charge in [-0.1, -0.05) is 12.1 Å². The molecule has 0 saturated carbocycles. The molecule has 2 aromatic carbocycles. The van der Waals surface area contributed by atoms with Crippen molar-refractivity contribution in [1.29, 1.82) is 0 Å². The molecule has 1 saturated heterocycles. The van der Waals surface area contributed by atoms with E-state index in [1.54, 1.807) is 12.0 Å². The quantitative estimate of drug-likeness (QED) is 0.872. The van der Waals surface area contributed by atoms with Gasteiger partial charge in [0.15, 0.2) is 11.5 Å². The monoisotopic (exact) mass is 326 g/mol. The smallest absolute Gasteiger partial charge is 0.247 e. The summed E-state index contributed by atoms with van der Waals surface area (Å²) in [6.07, 6.45) is 0. The summed E-state index contributed by atoms with van der Waals surface area (Å²) < 4.78 is 16.3. The van der Waals surface area contributed by atoms with Crippen LogP contribution in [-0.4, -0.2) is 32.3 Å². The van der Waals surface area contributed by atoms with Crippen LogP contribution >= 0.6 is 0 Å². The van der Waals surface area contributed by atoms with Gasteiger partial charge < -0.3 is 24.8 Å². The van der Waals surface area contributed by atoms with Crippen LogP contribution in [0, 0.1) is 0 Å². The van der Waals surface area contributed by atoms with Crippen LogP contribution in [0.5, 0.6) is 17.2 Å². The second-order valence-electron chi connectivity index (χ2n) is 5.78. The van der Waals surface area contributed by atoms with Crippen LogP contribution in [0.3, 0.4) is 0 Å². The van der Waals surface area contributed by atoms with Gasteiger partial charge in [-0.2, -0.15) is 0 Å². The molecule has 2 N–H and O–H groups in total. The molecule has 0 unspecified atom stereocenters. The Morgan fingerprint density at radius 1 is 1.08 bits per heavy atom. The van der Waals surface area contributed by atoms with Crippen molar-refractivity contribution in [2.75, 3.05) is 25.2 Å². The zero-order valence-electron chi connectivity index (χ0n) is 13.3. The van der Waals surface area contributed by atoms with E-state index in [0.717, 1.165) is 17.0 Å². The third kappa shape index (κ3) is 2.27. The second-order valence-corrected chi connectivity index (χ2v) is 5.78. The number of hydrogen-bond donors (Lipinski definition) is 1. The Labute approximate surface area is 139 Å². The second kappa shape index (κ2) is 5.72. The number of hydrogen-bond acceptors (Lipinski definition) is 5. The summed E-state index contributed by atoms with van der Waals surface area (Å²) in [4.78, 5) is 14.0. The number of β-lactam (4-membered cyclic amide) rings is 1. The summed E-state index contributed by atoms with van der Waals surface area (Å²) in [5.74, 6) is 2.01. The SMILES string of the molecule is COc1ccc([C@H]2[C@H](N)C(=O)N2c2ccc3c(c2)OCCO3)cc1. The Kier molecular flexibility index (Phi) is 3.54. The van der Waals surface area contributed by atoms with Crippen molar-refractivity contribution in [2.45, 2.75) is 12.1 Å². The van der Waals surface area contributed by atoms with Crippen molar-refractivity contribution in [3.63, 3.8) is 0 Å². The number of rotatable bonds is 3. The van der Waals surface area contributed by atoms with Crippen LogP contribution in [-0.2, 0) is 4.79 Å². The van der Waals surface area contributed by atoms with Crippen molar-refractivity contribution in [1.82, 2.24) is 0 Å². The Morgan fingerprint density at radius 2 is 1.79 bits per heavy atom. The van der Waals surface area contributed by atoms with E-state index in [0.29, 0.717) is 24.7 Å². The summed E-state index contributed by atoms with van der Waals surface area (Å²) in [5.41, 5.74) is 7.78. The molecule has 24 heavy (non-hydrogen) atoms. The first-order chi connectivity index (χ1) is 11.7. The molecule has 0 aromatic heterocycles. The molecule has 2 heterocycles. The maximum absolute atomic E-state index is 12.3. The molecular formula is C18H18N2O4. The lowest BCUT2D eigenvalue weighted by molar-refractivity contribution is -0.126. The predicted molar refractivity (Wildman–Crippen MR) is 88.6 cm³/mol. The minimum Gasteiger partial charge on any atom is -0.497 e. The number of anilines is 1. The third-order valence-corrected chi connectivity index (χ3v) is 4.40. The van der Waals surface area contributed by atoms with Crippen LogP contribution in [0.1, 0.15) is 11.6 Å². The minimum atomic E-state index is -0.549. The fraction of sp³-hybridized carbons (Fsp3) is 0.278. The van der Waals surface area contributed by atoms with E-state index in [1.807, 2.05) is 42.5 Å². The van der Waals surface area contributed by atoms with Gasteiger partial charge in [-0.25, -0.2) is 0 Å². The van der Waals surface area contributed by atoms with E-state index in [1.165, 1.54) is 0 Å². The summed E-state index contributed by atoms with van der Waals surface area (Å²) in [6.45, 7) is 1.04. The highest BCUT2D eigenvalue weighted by molar-refractivity contribution is 6.05. The zero-order chi connectivity index (χ0) is 16.7. The lowest BCUT2D eigenvalue weighted by atomic mass is 9.88. The number of ether oxygens (including phenoxy) is 3. The number of nitrogens with two attached hydrogens (primary N) is 1. The van der Waals surface area contributed by atoms with Crippen molar-refractivity contribution in [3.05, 3.63) is 48.0 Å². The highest BCUT2D eigenvalue weighted by atomic mass is 16.6. The highest BCUT2D eigenvalue weighted by Crippen LogP contribution is 2.42.